The summed E-state index contributed by atoms with van der Waals surface area (Å²) in [7, 11) is -0.797. The average Bonchev–Trinajstić information content (AvgIpc) is 2.78. The van der Waals surface area contributed by atoms with Crippen molar-refractivity contribution >= 4 is 15.4 Å². The Hall–Kier alpha value is -2.26. The lowest BCUT2D eigenvalue weighted by molar-refractivity contribution is 0.665. The zero-order chi connectivity index (χ0) is 15.9. The molecule has 0 fully saturated rings. The summed E-state index contributed by atoms with van der Waals surface area (Å²) < 4.78 is 22.3. The lowest BCUT2D eigenvalue weighted by atomic mass is 10.2. The molecule has 0 amide bonds. The number of hydrogen-bond donors (Lipinski definition) is 1. The van der Waals surface area contributed by atoms with Crippen LogP contribution in [-0.2, 0) is 23.3 Å². The van der Waals surface area contributed by atoms with Crippen molar-refractivity contribution in [1.29, 1.82) is 10.0 Å². The van der Waals surface area contributed by atoms with E-state index in [1.165, 1.54) is 0 Å². The van der Waals surface area contributed by atoms with Crippen molar-refractivity contribution in [3.63, 3.8) is 0 Å². The molecule has 22 heavy (non-hydrogen) atoms. The number of benzene rings is 1. The second kappa shape index (κ2) is 5.18. The summed E-state index contributed by atoms with van der Waals surface area (Å²) in [6.45, 7) is 3.25. The van der Waals surface area contributed by atoms with Crippen LogP contribution in [-0.4, -0.2) is 21.1 Å². The Balaban J connectivity index is 2.00. The lowest BCUT2D eigenvalue weighted by Crippen LogP contribution is -2.34. The summed E-state index contributed by atoms with van der Waals surface area (Å²) in [5.41, 5.74) is 3.66. The van der Waals surface area contributed by atoms with Gasteiger partial charge in [0.1, 0.15) is 11.8 Å². The molecule has 1 aliphatic heterocycles. The van der Waals surface area contributed by atoms with Gasteiger partial charge in [-0.05, 0) is 30.7 Å². The monoisotopic (exact) mass is 314 g/mol. The fourth-order valence-electron chi connectivity index (χ4n) is 2.87. The second-order valence-corrected chi connectivity index (χ2v) is 7.78. The van der Waals surface area contributed by atoms with Crippen LogP contribution in [0, 0.1) is 23.0 Å². The Bertz CT molecular complexity index is 874. The molecule has 6 heteroatoms. The van der Waals surface area contributed by atoms with Crippen LogP contribution in [0.5, 0.6) is 0 Å². The molecule has 114 valence electrons. The van der Waals surface area contributed by atoms with Crippen LogP contribution >= 0.6 is 0 Å². The first-order valence-corrected chi connectivity index (χ1v) is 8.82. The van der Waals surface area contributed by atoms with Crippen LogP contribution in [0.4, 0.5) is 5.69 Å². The van der Waals surface area contributed by atoms with E-state index >= 15 is 0 Å². The van der Waals surface area contributed by atoms with E-state index in [4.69, 9.17) is 10.0 Å². The maximum absolute atomic E-state index is 12.4. The van der Waals surface area contributed by atoms with Crippen molar-refractivity contribution in [2.75, 3.05) is 17.2 Å². The van der Waals surface area contributed by atoms with Gasteiger partial charge < -0.3 is 9.47 Å². The van der Waals surface area contributed by atoms with E-state index < -0.39 is 9.73 Å². The predicted molar refractivity (Wildman–Crippen MR) is 86.4 cm³/mol. The Morgan fingerprint density at radius 2 is 2.14 bits per heavy atom. The number of nitrogens with one attached hydrogen (secondary N) is 1. The van der Waals surface area contributed by atoms with E-state index in [2.05, 4.69) is 11.0 Å². The van der Waals surface area contributed by atoms with Crippen molar-refractivity contribution in [1.82, 2.24) is 4.57 Å². The van der Waals surface area contributed by atoms with Crippen molar-refractivity contribution in [3.8, 4) is 6.07 Å². The standard InChI is InChI=1S/C16H18N4OS/c1-12-13(9-14(10-17)19(12)2)11-20-7-8-22(18,21)16-6-4-3-5-15(16)20/h3-6,9,18H,7-8,11H2,1-2H3. The Morgan fingerprint density at radius 1 is 1.41 bits per heavy atom. The predicted octanol–water partition coefficient (Wildman–Crippen LogP) is 2.63. The Morgan fingerprint density at radius 3 is 2.82 bits per heavy atom. The number of nitrogens with zero attached hydrogens (tertiary/aromatic N) is 3. The summed E-state index contributed by atoms with van der Waals surface area (Å²) in [5.74, 6) is 0.348. The summed E-state index contributed by atoms with van der Waals surface area (Å²) in [6, 6.07) is 11.6. The summed E-state index contributed by atoms with van der Waals surface area (Å²) in [4.78, 5) is 2.77. The first kappa shape index (κ1) is 14.7. The Kier molecular flexibility index (Phi) is 3.45. The van der Waals surface area contributed by atoms with Gasteiger partial charge in [0.05, 0.1) is 26.1 Å². The van der Waals surface area contributed by atoms with E-state index in [-0.39, 0.29) is 0 Å². The molecular weight excluding hydrogens is 296 g/mol. The third-order valence-electron chi connectivity index (χ3n) is 4.33. The fraction of sp³-hybridized carbons (Fsp3) is 0.312. The summed E-state index contributed by atoms with van der Waals surface area (Å²) in [6.07, 6.45) is 0. The van der Waals surface area contributed by atoms with Crippen molar-refractivity contribution in [2.45, 2.75) is 18.4 Å². The highest BCUT2D eigenvalue weighted by atomic mass is 32.2. The van der Waals surface area contributed by atoms with Gasteiger partial charge in [-0.3, -0.25) is 0 Å². The van der Waals surface area contributed by atoms with E-state index in [1.807, 2.05) is 42.8 Å². The highest BCUT2D eigenvalue weighted by Gasteiger charge is 2.26. The van der Waals surface area contributed by atoms with Gasteiger partial charge in [0.2, 0.25) is 0 Å². The van der Waals surface area contributed by atoms with Crippen LogP contribution in [0.25, 0.3) is 0 Å². The summed E-state index contributed by atoms with van der Waals surface area (Å²) in [5, 5.41) is 9.14. The number of aromatic nitrogens is 1. The van der Waals surface area contributed by atoms with Gasteiger partial charge in [-0.1, -0.05) is 12.1 Å². The van der Waals surface area contributed by atoms with Gasteiger partial charge in [0, 0.05) is 25.8 Å². The van der Waals surface area contributed by atoms with Crippen LogP contribution in [0.3, 0.4) is 0 Å². The SMILES string of the molecule is Cc1c(CN2CCS(=N)(=O)c3ccccc32)cc(C#N)n1C. The highest BCUT2D eigenvalue weighted by Crippen LogP contribution is 2.32. The molecule has 0 bridgehead atoms. The third kappa shape index (κ3) is 2.28. The summed E-state index contributed by atoms with van der Waals surface area (Å²) >= 11 is 0. The molecule has 0 spiro atoms. The minimum absolute atomic E-state index is 0.348. The van der Waals surface area contributed by atoms with Gasteiger partial charge in [-0.15, -0.1) is 0 Å². The zero-order valence-electron chi connectivity index (χ0n) is 12.7. The molecule has 1 unspecified atom stereocenters. The number of nitriles is 1. The Labute approximate surface area is 130 Å². The largest absolute Gasteiger partial charge is 0.365 e. The molecular formula is C16H18N4OS. The van der Waals surface area contributed by atoms with Crippen molar-refractivity contribution < 1.29 is 4.21 Å². The molecule has 0 aliphatic carbocycles. The maximum atomic E-state index is 12.4. The van der Waals surface area contributed by atoms with Gasteiger partial charge in [-0.25, -0.2) is 8.99 Å². The van der Waals surface area contributed by atoms with Crippen molar-refractivity contribution in [2.24, 2.45) is 7.05 Å². The molecule has 1 aromatic carbocycles. The normalized spacial score (nSPS) is 20.5. The maximum Gasteiger partial charge on any atom is 0.120 e. The van der Waals surface area contributed by atoms with Crippen molar-refractivity contribution in [3.05, 3.63) is 47.3 Å². The zero-order valence-corrected chi connectivity index (χ0v) is 13.5. The minimum atomic E-state index is -2.68. The lowest BCUT2D eigenvalue weighted by Gasteiger charge is -2.32. The van der Waals surface area contributed by atoms with Crippen LogP contribution in [0.1, 0.15) is 17.0 Å². The van der Waals surface area contributed by atoms with Gasteiger partial charge >= 0.3 is 0 Å². The third-order valence-corrected chi connectivity index (χ3v) is 6.14. The highest BCUT2D eigenvalue weighted by molar-refractivity contribution is 7.92. The molecule has 5 nitrogen and oxygen atoms in total. The van der Waals surface area contributed by atoms with Gasteiger partial charge in [0.25, 0.3) is 0 Å². The van der Waals surface area contributed by atoms with Crippen LogP contribution in [0.2, 0.25) is 0 Å². The van der Waals surface area contributed by atoms with Gasteiger partial charge in [-0.2, -0.15) is 5.26 Å². The number of hydrogen-bond acceptors (Lipinski definition) is 4. The molecule has 3 rings (SSSR count). The fourth-order valence-corrected chi connectivity index (χ4v) is 4.40. The first-order valence-electron chi connectivity index (χ1n) is 7.10. The molecule has 1 aromatic heterocycles. The van der Waals surface area contributed by atoms with E-state index in [0.717, 1.165) is 16.9 Å². The molecule has 2 heterocycles. The molecule has 1 atom stereocenters. The average molecular weight is 314 g/mol. The molecule has 0 saturated carbocycles. The minimum Gasteiger partial charge on any atom is -0.365 e. The molecule has 0 saturated heterocycles. The second-order valence-electron chi connectivity index (χ2n) is 5.58. The van der Waals surface area contributed by atoms with E-state index in [0.29, 0.717) is 29.4 Å². The number of anilines is 1. The topological polar surface area (TPSA) is 72.9 Å². The van der Waals surface area contributed by atoms with E-state index in [9.17, 15) is 4.21 Å². The number of para-hydroxylation sites is 1. The quantitative estimate of drug-likeness (QED) is 0.926. The molecule has 0 radical (unpaired) electrons. The van der Waals surface area contributed by atoms with E-state index in [1.54, 1.807) is 6.07 Å². The van der Waals surface area contributed by atoms with Gasteiger partial charge in [0.15, 0.2) is 0 Å². The van der Waals surface area contributed by atoms with Crippen LogP contribution < -0.4 is 4.90 Å². The first-order chi connectivity index (χ1) is 10.4. The molecule has 1 aliphatic rings. The van der Waals surface area contributed by atoms with Crippen LogP contribution in [0.15, 0.2) is 35.2 Å². The molecule has 1 N–H and O–H groups in total. The number of fused-ring (bicyclic) bond motifs is 1. The molecule has 2 aromatic rings. The smallest absolute Gasteiger partial charge is 0.120 e. The number of rotatable bonds is 2.